The maximum atomic E-state index is 11.3. The monoisotopic (exact) mass is 575 g/mol. The average Bonchev–Trinajstić information content (AvgIpc) is 3.06. The van der Waals surface area contributed by atoms with E-state index in [4.69, 9.17) is 5.26 Å². The van der Waals surface area contributed by atoms with Crippen molar-refractivity contribution in [1.29, 1.82) is 5.26 Å². The third-order valence-electron chi connectivity index (χ3n) is 10.1. The number of carboxylic acid groups (broad SMARTS) is 1. The molecule has 5 heteroatoms. The molecule has 2 saturated carbocycles. The fraction of sp³-hybridized carbons (Fsp3) is 0.474. The Hall–Kier alpha value is -3.78. The number of aliphatic carboxylic acids is 1. The minimum atomic E-state index is -1.20. The topological polar surface area (TPSA) is 67.6 Å². The van der Waals surface area contributed by atoms with Crippen molar-refractivity contribution in [2.24, 2.45) is 0 Å². The third kappa shape index (κ3) is 6.59. The minimum Gasteiger partial charge on any atom is -0.477 e. The van der Waals surface area contributed by atoms with E-state index in [1.807, 2.05) is 6.08 Å². The number of allylic oxidation sites excluding steroid dienone is 4. The summed E-state index contributed by atoms with van der Waals surface area (Å²) in [5, 5.41) is 18.4. The Balaban J connectivity index is 1.35. The fourth-order valence-electron chi connectivity index (χ4n) is 7.95. The van der Waals surface area contributed by atoms with Crippen molar-refractivity contribution in [3.63, 3.8) is 0 Å². The summed E-state index contributed by atoms with van der Waals surface area (Å²) in [5.41, 5.74) is 8.94. The SMILES string of the molecule is N#CC(=CC=CC=C(c1ccc2c(c1)CCCN2C1CCCCC1)c1ccc2c(c1)CCCN2C1CCCCC1)C(=O)O. The van der Waals surface area contributed by atoms with Crippen molar-refractivity contribution >= 4 is 22.9 Å². The third-order valence-corrected chi connectivity index (χ3v) is 10.1. The quantitative estimate of drug-likeness (QED) is 0.204. The molecule has 0 amide bonds. The molecule has 43 heavy (non-hydrogen) atoms. The molecule has 4 aliphatic rings. The molecule has 2 fully saturated rings. The molecule has 0 radical (unpaired) electrons. The summed E-state index contributed by atoms with van der Waals surface area (Å²) in [5.74, 6) is -1.20. The number of anilines is 2. The number of rotatable bonds is 7. The minimum absolute atomic E-state index is 0.264. The van der Waals surface area contributed by atoms with Crippen LogP contribution in [0.5, 0.6) is 0 Å². The molecule has 0 unspecified atom stereocenters. The van der Waals surface area contributed by atoms with Crippen LogP contribution in [0.3, 0.4) is 0 Å². The van der Waals surface area contributed by atoms with Gasteiger partial charge in [-0.25, -0.2) is 4.79 Å². The number of benzene rings is 2. The molecule has 6 rings (SSSR count). The van der Waals surface area contributed by atoms with Crippen molar-refractivity contribution in [3.05, 3.63) is 88.5 Å². The number of nitriles is 1. The van der Waals surface area contributed by atoms with E-state index in [-0.39, 0.29) is 5.57 Å². The molecule has 5 nitrogen and oxygen atoms in total. The van der Waals surface area contributed by atoms with Crippen LogP contribution in [0, 0.1) is 11.3 Å². The highest BCUT2D eigenvalue weighted by molar-refractivity contribution is 5.91. The first kappa shape index (κ1) is 29.3. The van der Waals surface area contributed by atoms with Gasteiger partial charge in [-0.15, -0.1) is 0 Å². The van der Waals surface area contributed by atoms with Gasteiger partial charge in [0.2, 0.25) is 0 Å². The van der Waals surface area contributed by atoms with E-state index < -0.39 is 5.97 Å². The van der Waals surface area contributed by atoms with E-state index in [0.717, 1.165) is 31.5 Å². The highest BCUT2D eigenvalue weighted by atomic mass is 16.4. The average molecular weight is 576 g/mol. The van der Waals surface area contributed by atoms with Gasteiger partial charge in [0, 0.05) is 36.5 Å². The van der Waals surface area contributed by atoms with Gasteiger partial charge in [-0.3, -0.25) is 0 Å². The van der Waals surface area contributed by atoms with Gasteiger partial charge in [-0.05, 0) is 110 Å². The summed E-state index contributed by atoms with van der Waals surface area (Å²) in [4.78, 5) is 16.7. The molecule has 2 aromatic rings. The van der Waals surface area contributed by atoms with E-state index >= 15 is 0 Å². The number of hydrogen-bond acceptors (Lipinski definition) is 4. The number of carboxylic acids is 1. The summed E-state index contributed by atoms with van der Waals surface area (Å²) in [6, 6.07) is 17.1. The van der Waals surface area contributed by atoms with Crippen molar-refractivity contribution in [2.75, 3.05) is 22.9 Å². The van der Waals surface area contributed by atoms with Crippen LogP contribution in [-0.2, 0) is 17.6 Å². The van der Waals surface area contributed by atoms with Gasteiger partial charge in [0.1, 0.15) is 11.6 Å². The molecule has 0 saturated heterocycles. The van der Waals surface area contributed by atoms with E-state index in [9.17, 15) is 9.90 Å². The highest BCUT2D eigenvalue weighted by Crippen LogP contribution is 2.39. The van der Waals surface area contributed by atoms with Crippen molar-refractivity contribution in [1.82, 2.24) is 0 Å². The Morgan fingerprint density at radius 3 is 1.67 bits per heavy atom. The summed E-state index contributed by atoms with van der Waals surface area (Å²) in [6.45, 7) is 2.31. The number of carbonyl (C=O) groups is 1. The van der Waals surface area contributed by atoms with Gasteiger partial charge in [0.15, 0.2) is 0 Å². The molecule has 2 aromatic carbocycles. The van der Waals surface area contributed by atoms with Crippen LogP contribution in [0.25, 0.3) is 5.57 Å². The van der Waals surface area contributed by atoms with Crippen molar-refractivity contribution in [3.8, 4) is 6.07 Å². The predicted octanol–water partition coefficient (Wildman–Crippen LogP) is 8.38. The van der Waals surface area contributed by atoms with Crippen LogP contribution < -0.4 is 9.80 Å². The summed E-state index contributed by atoms with van der Waals surface area (Å²) in [6.07, 6.45) is 24.9. The van der Waals surface area contributed by atoms with Crippen LogP contribution in [0.4, 0.5) is 11.4 Å². The lowest BCUT2D eigenvalue weighted by atomic mass is 9.87. The molecule has 2 aliphatic heterocycles. The number of aryl methyl sites for hydroxylation is 2. The van der Waals surface area contributed by atoms with Crippen LogP contribution in [0.15, 0.2) is 66.3 Å². The van der Waals surface area contributed by atoms with E-state index in [1.165, 1.54) is 117 Å². The van der Waals surface area contributed by atoms with Crippen LogP contribution >= 0.6 is 0 Å². The maximum Gasteiger partial charge on any atom is 0.346 e. The van der Waals surface area contributed by atoms with E-state index in [0.29, 0.717) is 12.1 Å². The smallest absolute Gasteiger partial charge is 0.346 e. The normalized spacial score (nSPS) is 19.9. The Morgan fingerprint density at radius 2 is 1.21 bits per heavy atom. The van der Waals surface area contributed by atoms with Crippen molar-refractivity contribution in [2.45, 2.75) is 102 Å². The molecule has 0 bridgehead atoms. The molecule has 0 aromatic heterocycles. The van der Waals surface area contributed by atoms with Gasteiger partial charge in [0.25, 0.3) is 0 Å². The van der Waals surface area contributed by atoms with E-state index in [1.54, 1.807) is 12.1 Å². The van der Waals surface area contributed by atoms with Gasteiger partial charge in [-0.1, -0.05) is 68.9 Å². The second-order valence-electron chi connectivity index (χ2n) is 12.8. The van der Waals surface area contributed by atoms with Gasteiger partial charge in [-0.2, -0.15) is 5.26 Å². The predicted molar refractivity (Wildman–Crippen MR) is 176 cm³/mol. The zero-order valence-corrected chi connectivity index (χ0v) is 25.4. The highest BCUT2D eigenvalue weighted by Gasteiger charge is 2.28. The first-order valence-corrected chi connectivity index (χ1v) is 16.6. The maximum absolute atomic E-state index is 11.3. The first-order valence-electron chi connectivity index (χ1n) is 16.6. The molecule has 1 N–H and O–H groups in total. The second-order valence-corrected chi connectivity index (χ2v) is 12.8. The summed E-state index contributed by atoms with van der Waals surface area (Å²) in [7, 11) is 0. The van der Waals surface area contributed by atoms with Crippen molar-refractivity contribution < 1.29 is 9.90 Å². The van der Waals surface area contributed by atoms with Gasteiger partial charge >= 0.3 is 5.97 Å². The van der Waals surface area contributed by atoms with Crippen LogP contribution in [0.1, 0.15) is 99.3 Å². The molecular weight excluding hydrogens is 530 g/mol. The molecule has 2 aliphatic carbocycles. The second kappa shape index (κ2) is 13.7. The Kier molecular flexibility index (Phi) is 9.32. The fourth-order valence-corrected chi connectivity index (χ4v) is 7.95. The van der Waals surface area contributed by atoms with Crippen LogP contribution in [-0.4, -0.2) is 36.2 Å². The lowest BCUT2D eigenvalue weighted by Crippen LogP contribution is -2.40. The van der Waals surface area contributed by atoms with E-state index in [2.05, 4.69) is 52.3 Å². The Morgan fingerprint density at radius 1 is 0.721 bits per heavy atom. The standard InChI is InChI=1S/C38H45N3O2/c39-27-32(38(42)43)11-7-8-18-35(28-19-21-36-30(25-28)12-9-23-40(36)33-14-3-1-4-15-33)29-20-22-37-31(26-29)13-10-24-41(37)34-16-5-2-6-17-34/h7-8,11,18-22,25-26,33-34H,1-6,9-10,12-17,23-24H2,(H,42,43). The largest absolute Gasteiger partial charge is 0.477 e. The lowest BCUT2D eigenvalue weighted by Gasteiger charge is -2.40. The molecule has 2 heterocycles. The zero-order valence-electron chi connectivity index (χ0n) is 25.4. The molecule has 224 valence electrons. The van der Waals surface area contributed by atoms with Gasteiger partial charge in [0.05, 0.1) is 0 Å². The molecule has 0 atom stereocenters. The Bertz CT molecular complexity index is 1370. The molecule has 0 spiro atoms. The number of fused-ring (bicyclic) bond motifs is 2. The number of nitrogens with zero attached hydrogens (tertiary/aromatic N) is 3. The molecular formula is C38H45N3O2. The van der Waals surface area contributed by atoms with Crippen LogP contribution in [0.2, 0.25) is 0 Å². The lowest BCUT2D eigenvalue weighted by molar-refractivity contribution is -0.132. The Labute approximate surface area is 257 Å². The first-order chi connectivity index (χ1) is 21.1. The summed E-state index contributed by atoms with van der Waals surface area (Å²) < 4.78 is 0. The van der Waals surface area contributed by atoms with Gasteiger partial charge < -0.3 is 14.9 Å². The number of hydrogen-bond donors (Lipinski definition) is 1. The zero-order chi connectivity index (χ0) is 29.6. The summed E-state index contributed by atoms with van der Waals surface area (Å²) >= 11 is 0.